The highest BCUT2D eigenvalue weighted by Gasteiger charge is 2.08. The summed E-state index contributed by atoms with van der Waals surface area (Å²) in [6, 6.07) is 23.7. The van der Waals surface area contributed by atoms with Crippen LogP contribution < -0.4 is 5.32 Å². The molecule has 4 aromatic rings. The summed E-state index contributed by atoms with van der Waals surface area (Å²) in [5, 5.41) is 4.35. The Morgan fingerprint density at radius 3 is 2.52 bits per heavy atom. The first-order chi connectivity index (χ1) is 12.3. The van der Waals surface area contributed by atoms with Gasteiger partial charge in [0, 0.05) is 28.6 Å². The molecule has 0 aliphatic carbocycles. The molecule has 2 aromatic heterocycles. The van der Waals surface area contributed by atoms with Crippen molar-refractivity contribution in [3.05, 3.63) is 72.3 Å². The van der Waals surface area contributed by atoms with Crippen LogP contribution in [0.15, 0.2) is 66.7 Å². The van der Waals surface area contributed by atoms with Gasteiger partial charge in [-0.2, -0.15) is 0 Å². The summed E-state index contributed by atoms with van der Waals surface area (Å²) in [7, 11) is 1.93. The quantitative estimate of drug-likeness (QED) is 0.474. The first kappa shape index (κ1) is 15.9. The Balaban J connectivity index is 1.73. The number of hydrogen-bond donors (Lipinski definition) is 1. The number of aryl methyl sites for hydroxylation is 1. The maximum atomic E-state index is 4.89. The summed E-state index contributed by atoms with van der Waals surface area (Å²) in [4.78, 5) is 7.26. The lowest BCUT2D eigenvalue weighted by Gasteiger charge is -2.03. The van der Waals surface area contributed by atoms with Gasteiger partial charge in [-0.1, -0.05) is 43.3 Å². The van der Waals surface area contributed by atoms with Crippen LogP contribution in [-0.2, 0) is 6.42 Å². The van der Waals surface area contributed by atoms with Crippen molar-refractivity contribution < 1.29 is 0 Å². The van der Waals surface area contributed by atoms with E-state index in [2.05, 4.69) is 79.0 Å². The van der Waals surface area contributed by atoms with E-state index in [1.165, 1.54) is 21.4 Å². The van der Waals surface area contributed by atoms with Gasteiger partial charge in [0.15, 0.2) is 0 Å². The number of anilines is 1. The van der Waals surface area contributed by atoms with Gasteiger partial charge in [0.2, 0.25) is 0 Å². The van der Waals surface area contributed by atoms with Crippen LogP contribution >= 0.6 is 11.3 Å². The van der Waals surface area contributed by atoms with Crippen molar-refractivity contribution in [3.8, 4) is 21.7 Å². The van der Waals surface area contributed by atoms with Crippen molar-refractivity contribution >= 4 is 27.2 Å². The number of pyridine rings is 1. The van der Waals surface area contributed by atoms with E-state index in [1.54, 1.807) is 11.3 Å². The van der Waals surface area contributed by atoms with E-state index in [9.17, 15) is 0 Å². The molecule has 0 spiro atoms. The van der Waals surface area contributed by atoms with E-state index in [0.29, 0.717) is 0 Å². The highest BCUT2D eigenvalue weighted by molar-refractivity contribution is 7.21. The number of rotatable bonds is 4. The van der Waals surface area contributed by atoms with Gasteiger partial charge in [0.1, 0.15) is 4.83 Å². The van der Waals surface area contributed by atoms with Gasteiger partial charge >= 0.3 is 0 Å². The van der Waals surface area contributed by atoms with Crippen LogP contribution in [-0.4, -0.2) is 12.0 Å². The molecule has 0 saturated carbocycles. The number of hydrogen-bond acceptors (Lipinski definition) is 3. The molecule has 2 heterocycles. The molecule has 0 aliphatic rings. The van der Waals surface area contributed by atoms with Gasteiger partial charge in [-0.3, -0.25) is 0 Å². The minimum Gasteiger partial charge on any atom is -0.388 e. The zero-order valence-corrected chi connectivity index (χ0v) is 15.2. The number of benzene rings is 2. The van der Waals surface area contributed by atoms with Crippen molar-refractivity contribution in [2.45, 2.75) is 13.3 Å². The van der Waals surface area contributed by atoms with Crippen LogP contribution in [0.1, 0.15) is 12.5 Å². The second-order valence-corrected chi connectivity index (χ2v) is 7.11. The zero-order chi connectivity index (χ0) is 17.2. The van der Waals surface area contributed by atoms with Crippen LogP contribution in [0.4, 0.5) is 5.69 Å². The highest BCUT2D eigenvalue weighted by Crippen LogP contribution is 2.34. The van der Waals surface area contributed by atoms with E-state index in [4.69, 9.17) is 4.98 Å². The van der Waals surface area contributed by atoms with Crippen molar-refractivity contribution in [1.29, 1.82) is 0 Å². The second kappa shape index (κ2) is 6.69. The molecular formula is C22H20N2S. The normalized spacial score (nSPS) is 11.0. The lowest BCUT2D eigenvalue weighted by atomic mass is 10.1. The van der Waals surface area contributed by atoms with E-state index in [-0.39, 0.29) is 0 Å². The Kier molecular flexibility index (Phi) is 4.24. The summed E-state index contributed by atoms with van der Waals surface area (Å²) in [5.41, 5.74) is 5.92. The summed E-state index contributed by atoms with van der Waals surface area (Å²) < 4.78 is 0. The number of fused-ring (bicyclic) bond motifs is 1. The van der Waals surface area contributed by atoms with Crippen molar-refractivity contribution in [3.63, 3.8) is 0 Å². The minimum absolute atomic E-state index is 1.02. The fourth-order valence-electron chi connectivity index (χ4n) is 2.97. The fourth-order valence-corrected chi connectivity index (χ4v) is 4.00. The third-order valence-corrected chi connectivity index (χ3v) is 5.57. The van der Waals surface area contributed by atoms with Gasteiger partial charge in [-0.25, -0.2) is 4.98 Å². The maximum absolute atomic E-state index is 4.89. The van der Waals surface area contributed by atoms with E-state index >= 15 is 0 Å². The van der Waals surface area contributed by atoms with E-state index in [0.717, 1.165) is 28.2 Å². The molecule has 1 N–H and O–H groups in total. The van der Waals surface area contributed by atoms with Crippen LogP contribution in [0, 0.1) is 0 Å². The molecule has 0 saturated heterocycles. The molecule has 2 nitrogen and oxygen atoms in total. The average Bonchev–Trinajstić information content (AvgIpc) is 3.11. The standard InChI is InChI=1S/C22H20N2S/c1-3-15-5-4-6-17(13-15)21-14-18-9-12-20(24-22(18)25-21)16-7-10-19(23-2)11-8-16/h4-14,23H,3H2,1-2H3. The summed E-state index contributed by atoms with van der Waals surface area (Å²) in [6.45, 7) is 2.19. The van der Waals surface area contributed by atoms with Crippen molar-refractivity contribution in [2.75, 3.05) is 12.4 Å². The molecule has 25 heavy (non-hydrogen) atoms. The Morgan fingerprint density at radius 1 is 0.920 bits per heavy atom. The molecular weight excluding hydrogens is 324 g/mol. The van der Waals surface area contributed by atoms with Crippen molar-refractivity contribution in [1.82, 2.24) is 4.98 Å². The third-order valence-electron chi connectivity index (χ3n) is 4.47. The molecule has 0 unspecified atom stereocenters. The Bertz CT molecular complexity index is 1020. The maximum Gasteiger partial charge on any atom is 0.124 e. The van der Waals surface area contributed by atoms with E-state index in [1.807, 2.05) is 7.05 Å². The summed E-state index contributed by atoms with van der Waals surface area (Å²) in [5.74, 6) is 0. The van der Waals surface area contributed by atoms with Crippen LogP contribution in [0.2, 0.25) is 0 Å². The van der Waals surface area contributed by atoms with Gasteiger partial charge in [-0.05, 0) is 47.9 Å². The molecule has 0 radical (unpaired) electrons. The van der Waals surface area contributed by atoms with Crippen molar-refractivity contribution in [2.24, 2.45) is 0 Å². The monoisotopic (exact) mass is 344 g/mol. The molecule has 124 valence electrons. The number of thiophene rings is 1. The summed E-state index contributed by atoms with van der Waals surface area (Å²) >= 11 is 1.76. The first-order valence-electron chi connectivity index (χ1n) is 8.55. The minimum atomic E-state index is 1.02. The Hall–Kier alpha value is -2.65. The molecule has 4 rings (SSSR count). The molecule has 0 aliphatic heterocycles. The predicted octanol–water partition coefficient (Wildman–Crippen LogP) is 6.23. The summed E-state index contributed by atoms with van der Waals surface area (Å²) in [6.07, 6.45) is 1.06. The molecule has 0 fully saturated rings. The smallest absolute Gasteiger partial charge is 0.124 e. The fraction of sp³-hybridized carbons (Fsp3) is 0.136. The molecule has 3 heteroatoms. The largest absolute Gasteiger partial charge is 0.388 e. The third kappa shape index (κ3) is 3.15. The number of aromatic nitrogens is 1. The molecule has 0 bridgehead atoms. The number of nitrogens with one attached hydrogen (secondary N) is 1. The average molecular weight is 344 g/mol. The van der Waals surface area contributed by atoms with E-state index < -0.39 is 0 Å². The molecule has 0 atom stereocenters. The lowest BCUT2D eigenvalue weighted by Crippen LogP contribution is -1.87. The Labute approximate surface area is 152 Å². The predicted molar refractivity (Wildman–Crippen MR) is 109 cm³/mol. The van der Waals surface area contributed by atoms with Crippen LogP contribution in [0.5, 0.6) is 0 Å². The SMILES string of the molecule is CCc1cccc(-c2cc3ccc(-c4ccc(NC)cc4)nc3s2)c1. The van der Waals surface area contributed by atoms with Crippen LogP contribution in [0.3, 0.4) is 0 Å². The number of nitrogens with zero attached hydrogens (tertiary/aromatic N) is 1. The molecule has 0 amide bonds. The molecule has 2 aromatic carbocycles. The van der Waals surface area contributed by atoms with Gasteiger partial charge in [-0.15, -0.1) is 11.3 Å². The first-order valence-corrected chi connectivity index (χ1v) is 9.36. The zero-order valence-electron chi connectivity index (χ0n) is 14.4. The van der Waals surface area contributed by atoms with Gasteiger partial charge in [0.25, 0.3) is 0 Å². The second-order valence-electron chi connectivity index (χ2n) is 6.08. The Morgan fingerprint density at radius 2 is 1.76 bits per heavy atom. The van der Waals surface area contributed by atoms with Gasteiger partial charge < -0.3 is 5.32 Å². The highest BCUT2D eigenvalue weighted by atomic mass is 32.1. The van der Waals surface area contributed by atoms with Crippen LogP contribution in [0.25, 0.3) is 31.9 Å². The topological polar surface area (TPSA) is 24.9 Å². The van der Waals surface area contributed by atoms with Gasteiger partial charge in [0.05, 0.1) is 5.69 Å². The lowest BCUT2D eigenvalue weighted by molar-refractivity contribution is 1.14.